The molecule has 0 saturated heterocycles. The minimum absolute atomic E-state index is 0.462. The van der Waals surface area contributed by atoms with Crippen LogP contribution in [0.1, 0.15) is 11.4 Å². The van der Waals surface area contributed by atoms with Crippen LogP contribution in [0.25, 0.3) is 0 Å². The standard InChI is InChI=1S/C10H18N2O3/c1-7-5-8(12(2)11-7)6-9(13)10(14-3)15-4/h5,9-10,13H,6H2,1-4H3. The fraction of sp³-hybridized carbons (Fsp3) is 0.700. The average Bonchev–Trinajstić information content (AvgIpc) is 2.47. The molecule has 1 aromatic heterocycles. The molecule has 0 aliphatic carbocycles. The first-order chi connectivity index (χ1) is 7.08. The van der Waals surface area contributed by atoms with Crippen molar-refractivity contribution in [2.24, 2.45) is 7.05 Å². The van der Waals surface area contributed by atoms with Gasteiger partial charge in [0, 0.05) is 33.4 Å². The van der Waals surface area contributed by atoms with Crippen molar-refractivity contribution in [1.82, 2.24) is 9.78 Å². The van der Waals surface area contributed by atoms with Gasteiger partial charge in [-0.25, -0.2) is 0 Å². The van der Waals surface area contributed by atoms with E-state index in [9.17, 15) is 5.11 Å². The maximum Gasteiger partial charge on any atom is 0.183 e. The molecule has 86 valence electrons. The van der Waals surface area contributed by atoms with E-state index in [-0.39, 0.29) is 0 Å². The monoisotopic (exact) mass is 214 g/mol. The van der Waals surface area contributed by atoms with Gasteiger partial charge in [0.2, 0.25) is 0 Å². The molecule has 0 spiro atoms. The summed E-state index contributed by atoms with van der Waals surface area (Å²) in [4.78, 5) is 0. The average molecular weight is 214 g/mol. The lowest BCUT2D eigenvalue weighted by Crippen LogP contribution is -2.32. The Morgan fingerprint density at radius 3 is 2.47 bits per heavy atom. The molecular weight excluding hydrogens is 196 g/mol. The summed E-state index contributed by atoms with van der Waals surface area (Å²) in [6.07, 6.45) is -0.820. The molecule has 1 rings (SSSR count). The molecule has 0 aliphatic rings. The first kappa shape index (κ1) is 12.2. The summed E-state index contributed by atoms with van der Waals surface area (Å²) in [5.74, 6) is 0. The SMILES string of the molecule is COC(OC)C(O)Cc1cc(C)nn1C. The molecule has 0 aliphatic heterocycles. The van der Waals surface area contributed by atoms with Gasteiger partial charge in [-0.1, -0.05) is 0 Å². The van der Waals surface area contributed by atoms with Crippen LogP contribution in [-0.4, -0.2) is 41.5 Å². The topological polar surface area (TPSA) is 56.5 Å². The Balaban J connectivity index is 2.64. The van der Waals surface area contributed by atoms with Gasteiger partial charge in [-0.2, -0.15) is 5.10 Å². The Bertz CT molecular complexity index is 308. The summed E-state index contributed by atoms with van der Waals surface area (Å²) >= 11 is 0. The molecule has 1 unspecified atom stereocenters. The lowest BCUT2D eigenvalue weighted by molar-refractivity contribution is -0.163. The van der Waals surface area contributed by atoms with Crippen molar-refractivity contribution >= 4 is 0 Å². The third-order valence-corrected chi connectivity index (χ3v) is 2.30. The number of aliphatic hydroxyl groups excluding tert-OH is 1. The van der Waals surface area contributed by atoms with Gasteiger partial charge in [0.25, 0.3) is 0 Å². The van der Waals surface area contributed by atoms with E-state index in [0.29, 0.717) is 6.42 Å². The summed E-state index contributed by atoms with van der Waals surface area (Å²) in [6, 6.07) is 1.94. The van der Waals surface area contributed by atoms with Gasteiger partial charge in [-0.3, -0.25) is 4.68 Å². The number of nitrogens with zero attached hydrogens (tertiary/aromatic N) is 2. The molecule has 0 radical (unpaired) electrons. The van der Waals surface area contributed by atoms with Crippen molar-refractivity contribution in [2.75, 3.05) is 14.2 Å². The van der Waals surface area contributed by atoms with Crippen LogP contribution in [0.2, 0.25) is 0 Å². The maximum atomic E-state index is 9.80. The predicted molar refractivity (Wildman–Crippen MR) is 55.5 cm³/mol. The van der Waals surface area contributed by atoms with Crippen LogP contribution in [0.4, 0.5) is 0 Å². The molecule has 15 heavy (non-hydrogen) atoms. The molecule has 5 heteroatoms. The summed E-state index contributed by atoms with van der Waals surface area (Å²) < 4.78 is 11.7. The molecule has 0 bridgehead atoms. The van der Waals surface area contributed by atoms with Crippen LogP contribution in [-0.2, 0) is 22.9 Å². The van der Waals surface area contributed by atoms with Gasteiger partial charge in [-0.15, -0.1) is 0 Å². The number of hydrogen-bond acceptors (Lipinski definition) is 4. The fourth-order valence-corrected chi connectivity index (χ4v) is 1.58. The minimum atomic E-state index is -0.685. The number of ether oxygens (including phenoxy) is 2. The van der Waals surface area contributed by atoms with E-state index in [4.69, 9.17) is 9.47 Å². The minimum Gasteiger partial charge on any atom is -0.387 e. The molecule has 0 saturated carbocycles. The van der Waals surface area contributed by atoms with Gasteiger partial charge in [0.05, 0.1) is 5.69 Å². The van der Waals surface area contributed by atoms with Crippen LogP contribution in [0, 0.1) is 6.92 Å². The molecule has 1 N–H and O–H groups in total. The largest absolute Gasteiger partial charge is 0.387 e. The molecule has 5 nitrogen and oxygen atoms in total. The van der Waals surface area contributed by atoms with Gasteiger partial charge >= 0.3 is 0 Å². The number of methoxy groups -OCH3 is 2. The molecular formula is C10H18N2O3. The highest BCUT2D eigenvalue weighted by Gasteiger charge is 2.19. The Hall–Kier alpha value is -0.910. The van der Waals surface area contributed by atoms with E-state index in [2.05, 4.69) is 5.10 Å². The van der Waals surface area contributed by atoms with Crippen molar-refractivity contribution in [1.29, 1.82) is 0 Å². The van der Waals surface area contributed by atoms with Crippen molar-refractivity contribution in [2.45, 2.75) is 25.7 Å². The molecule has 1 aromatic rings. The highest BCUT2D eigenvalue weighted by molar-refractivity contribution is 5.09. The zero-order valence-corrected chi connectivity index (χ0v) is 9.60. The second-order valence-corrected chi connectivity index (χ2v) is 3.51. The summed E-state index contributed by atoms with van der Waals surface area (Å²) in [7, 11) is 4.86. The third-order valence-electron chi connectivity index (χ3n) is 2.30. The quantitative estimate of drug-likeness (QED) is 0.714. The molecule has 0 amide bonds. The van der Waals surface area contributed by atoms with Crippen molar-refractivity contribution in [3.63, 3.8) is 0 Å². The van der Waals surface area contributed by atoms with Gasteiger partial charge in [0.15, 0.2) is 6.29 Å². The normalized spacial score (nSPS) is 13.5. The van der Waals surface area contributed by atoms with Crippen LogP contribution < -0.4 is 0 Å². The third kappa shape index (κ3) is 3.02. The van der Waals surface area contributed by atoms with Crippen LogP contribution >= 0.6 is 0 Å². The van der Waals surface area contributed by atoms with E-state index in [1.54, 1.807) is 4.68 Å². The number of aryl methyl sites for hydroxylation is 2. The lowest BCUT2D eigenvalue weighted by Gasteiger charge is -2.19. The molecule has 0 fully saturated rings. The Labute approximate surface area is 89.6 Å². The molecule has 0 aromatic carbocycles. The Kier molecular flexibility index (Phi) is 4.26. The number of hydrogen-bond donors (Lipinski definition) is 1. The number of aromatic nitrogens is 2. The first-order valence-corrected chi connectivity index (χ1v) is 4.81. The van der Waals surface area contributed by atoms with Crippen molar-refractivity contribution in [3.05, 3.63) is 17.5 Å². The maximum absolute atomic E-state index is 9.80. The van der Waals surface area contributed by atoms with Gasteiger partial charge in [-0.05, 0) is 13.0 Å². The van der Waals surface area contributed by atoms with Gasteiger partial charge < -0.3 is 14.6 Å². The predicted octanol–water partition coefficient (Wildman–Crippen LogP) is 0.251. The Morgan fingerprint density at radius 1 is 1.47 bits per heavy atom. The Morgan fingerprint density at radius 2 is 2.07 bits per heavy atom. The molecule has 1 heterocycles. The lowest BCUT2D eigenvalue weighted by atomic mass is 10.2. The van der Waals surface area contributed by atoms with Crippen LogP contribution in [0.5, 0.6) is 0 Å². The first-order valence-electron chi connectivity index (χ1n) is 4.81. The zero-order chi connectivity index (χ0) is 11.4. The van der Waals surface area contributed by atoms with E-state index in [1.807, 2.05) is 20.0 Å². The van der Waals surface area contributed by atoms with E-state index in [0.717, 1.165) is 11.4 Å². The van der Waals surface area contributed by atoms with E-state index in [1.165, 1.54) is 14.2 Å². The zero-order valence-electron chi connectivity index (χ0n) is 9.60. The molecule has 1 atom stereocenters. The highest BCUT2D eigenvalue weighted by Crippen LogP contribution is 2.09. The van der Waals surface area contributed by atoms with Crippen molar-refractivity contribution in [3.8, 4) is 0 Å². The number of aliphatic hydroxyl groups is 1. The summed E-state index contributed by atoms with van der Waals surface area (Å²) in [6.45, 7) is 1.92. The van der Waals surface area contributed by atoms with Gasteiger partial charge in [0.1, 0.15) is 6.10 Å². The number of rotatable bonds is 5. The van der Waals surface area contributed by atoms with Crippen molar-refractivity contribution < 1.29 is 14.6 Å². The fourth-order valence-electron chi connectivity index (χ4n) is 1.58. The van der Waals surface area contributed by atoms with E-state index >= 15 is 0 Å². The highest BCUT2D eigenvalue weighted by atomic mass is 16.7. The van der Waals surface area contributed by atoms with E-state index < -0.39 is 12.4 Å². The second-order valence-electron chi connectivity index (χ2n) is 3.51. The summed E-state index contributed by atoms with van der Waals surface area (Å²) in [5.41, 5.74) is 1.89. The van der Waals surface area contributed by atoms with Crippen LogP contribution in [0.15, 0.2) is 6.07 Å². The van der Waals surface area contributed by atoms with Crippen LogP contribution in [0.3, 0.4) is 0 Å². The second kappa shape index (κ2) is 5.25. The summed E-state index contributed by atoms with van der Waals surface area (Å²) in [5, 5.41) is 14.0. The smallest absolute Gasteiger partial charge is 0.183 e.